The summed E-state index contributed by atoms with van der Waals surface area (Å²) in [4.78, 5) is 18.2. The van der Waals surface area contributed by atoms with Crippen LogP contribution in [0.4, 0.5) is 4.39 Å². The predicted octanol–water partition coefficient (Wildman–Crippen LogP) is 3.61. The zero-order valence-corrected chi connectivity index (χ0v) is 13.3. The first-order valence-electron chi connectivity index (χ1n) is 6.90. The van der Waals surface area contributed by atoms with Crippen LogP contribution in [0.3, 0.4) is 0 Å². The van der Waals surface area contributed by atoms with Crippen LogP contribution < -0.4 is 0 Å². The van der Waals surface area contributed by atoms with Crippen LogP contribution >= 0.6 is 11.3 Å². The lowest BCUT2D eigenvalue weighted by molar-refractivity contribution is -0.129. The van der Waals surface area contributed by atoms with Crippen molar-refractivity contribution in [3.8, 4) is 10.6 Å². The molecule has 0 aliphatic carbocycles. The summed E-state index contributed by atoms with van der Waals surface area (Å²) >= 11 is 1.43. The van der Waals surface area contributed by atoms with Gasteiger partial charge in [-0.1, -0.05) is 26.0 Å². The molecular weight excluding hydrogens is 287 g/mol. The van der Waals surface area contributed by atoms with Crippen molar-refractivity contribution in [3.05, 3.63) is 41.2 Å². The summed E-state index contributed by atoms with van der Waals surface area (Å²) in [6, 6.07) is 6.34. The van der Waals surface area contributed by atoms with Crippen LogP contribution in [0.2, 0.25) is 0 Å². The molecule has 0 bridgehead atoms. The van der Waals surface area contributed by atoms with Gasteiger partial charge < -0.3 is 4.90 Å². The molecule has 1 amide bonds. The van der Waals surface area contributed by atoms with Crippen LogP contribution in [0.25, 0.3) is 10.6 Å². The van der Waals surface area contributed by atoms with Crippen molar-refractivity contribution in [1.82, 2.24) is 9.88 Å². The third-order valence-corrected chi connectivity index (χ3v) is 3.96. The molecule has 112 valence electrons. The summed E-state index contributed by atoms with van der Waals surface area (Å²) in [6.07, 6.45) is 0.287. The largest absolute Gasteiger partial charge is 0.345 e. The van der Waals surface area contributed by atoms with Crippen LogP contribution in [0, 0.1) is 11.7 Å². The van der Waals surface area contributed by atoms with Crippen molar-refractivity contribution in [1.29, 1.82) is 0 Å². The smallest absolute Gasteiger partial charge is 0.228 e. The molecule has 1 heterocycles. The maximum Gasteiger partial charge on any atom is 0.228 e. The Kier molecular flexibility index (Phi) is 5.07. The maximum absolute atomic E-state index is 13.2. The molecule has 0 N–H and O–H groups in total. The van der Waals surface area contributed by atoms with Crippen LogP contribution in [0.5, 0.6) is 0 Å². The first kappa shape index (κ1) is 15.6. The maximum atomic E-state index is 13.2. The van der Waals surface area contributed by atoms with Crippen LogP contribution in [0.15, 0.2) is 29.6 Å². The van der Waals surface area contributed by atoms with Crippen molar-refractivity contribution in [3.63, 3.8) is 0 Å². The topological polar surface area (TPSA) is 33.2 Å². The Morgan fingerprint density at radius 3 is 2.86 bits per heavy atom. The van der Waals surface area contributed by atoms with E-state index in [2.05, 4.69) is 18.8 Å². The molecule has 2 aromatic rings. The van der Waals surface area contributed by atoms with E-state index in [1.54, 1.807) is 11.0 Å². The van der Waals surface area contributed by atoms with Gasteiger partial charge in [0.15, 0.2) is 0 Å². The fourth-order valence-electron chi connectivity index (χ4n) is 2.08. The number of hydrogen-bond acceptors (Lipinski definition) is 3. The second-order valence-electron chi connectivity index (χ2n) is 5.50. The number of aromatic nitrogens is 1. The summed E-state index contributed by atoms with van der Waals surface area (Å²) in [7, 11) is 1.81. The van der Waals surface area contributed by atoms with E-state index in [9.17, 15) is 9.18 Å². The third kappa shape index (κ3) is 4.36. The van der Waals surface area contributed by atoms with Crippen molar-refractivity contribution in [2.45, 2.75) is 20.3 Å². The van der Waals surface area contributed by atoms with Gasteiger partial charge in [0, 0.05) is 24.5 Å². The van der Waals surface area contributed by atoms with E-state index in [1.165, 1.54) is 23.5 Å². The van der Waals surface area contributed by atoms with Gasteiger partial charge in [-0.05, 0) is 18.1 Å². The van der Waals surface area contributed by atoms with E-state index >= 15 is 0 Å². The number of rotatable bonds is 5. The monoisotopic (exact) mass is 306 g/mol. The minimum absolute atomic E-state index is 0.0554. The van der Waals surface area contributed by atoms with Crippen molar-refractivity contribution >= 4 is 17.2 Å². The summed E-state index contributed by atoms with van der Waals surface area (Å²) < 4.78 is 13.2. The Hall–Kier alpha value is -1.75. The number of amides is 1. The van der Waals surface area contributed by atoms with Gasteiger partial charge in [-0.25, -0.2) is 9.37 Å². The number of carbonyl (C=O) groups excluding carboxylic acids is 1. The molecule has 5 heteroatoms. The van der Waals surface area contributed by atoms with Gasteiger partial charge in [-0.2, -0.15) is 0 Å². The Morgan fingerprint density at radius 2 is 2.19 bits per heavy atom. The molecule has 0 saturated carbocycles. The van der Waals surface area contributed by atoms with E-state index in [0.29, 0.717) is 5.92 Å². The molecule has 0 aliphatic rings. The van der Waals surface area contributed by atoms with Crippen LogP contribution in [0.1, 0.15) is 19.5 Å². The molecule has 0 saturated heterocycles. The Bertz CT molecular complexity index is 624. The normalized spacial score (nSPS) is 10.9. The number of carbonyl (C=O) groups is 1. The van der Waals surface area contributed by atoms with Gasteiger partial charge in [-0.3, -0.25) is 4.79 Å². The highest BCUT2D eigenvalue weighted by atomic mass is 32.1. The molecule has 1 aromatic carbocycles. The van der Waals surface area contributed by atoms with E-state index in [1.807, 2.05) is 18.5 Å². The van der Waals surface area contributed by atoms with Gasteiger partial charge in [0.05, 0.1) is 12.1 Å². The molecule has 0 aliphatic heterocycles. The lowest BCUT2D eigenvalue weighted by Crippen LogP contribution is -2.31. The zero-order valence-electron chi connectivity index (χ0n) is 12.5. The molecule has 2 rings (SSSR count). The number of halogens is 1. The highest BCUT2D eigenvalue weighted by molar-refractivity contribution is 7.13. The van der Waals surface area contributed by atoms with Gasteiger partial charge in [0.25, 0.3) is 0 Å². The van der Waals surface area contributed by atoms with E-state index < -0.39 is 0 Å². The highest BCUT2D eigenvalue weighted by Crippen LogP contribution is 2.24. The zero-order chi connectivity index (χ0) is 15.4. The number of benzene rings is 1. The SMILES string of the molecule is CC(C)CN(C)C(=O)Cc1csc(-c2cccc(F)c2)n1. The average Bonchev–Trinajstić information content (AvgIpc) is 2.86. The van der Waals surface area contributed by atoms with Gasteiger partial charge in [-0.15, -0.1) is 11.3 Å². The summed E-state index contributed by atoms with van der Waals surface area (Å²) in [5.41, 5.74) is 1.48. The standard InChI is InChI=1S/C16H19FN2OS/c1-11(2)9-19(3)15(20)8-14-10-21-16(18-14)12-5-4-6-13(17)7-12/h4-7,10-11H,8-9H2,1-3H3. The Morgan fingerprint density at radius 1 is 1.43 bits per heavy atom. The minimum Gasteiger partial charge on any atom is -0.345 e. The summed E-state index contributed by atoms with van der Waals surface area (Å²) in [6.45, 7) is 4.89. The summed E-state index contributed by atoms with van der Waals surface area (Å²) in [5.74, 6) is 0.217. The van der Waals surface area contributed by atoms with E-state index in [0.717, 1.165) is 22.8 Å². The second kappa shape index (κ2) is 6.80. The van der Waals surface area contributed by atoms with Crippen LogP contribution in [-0.2, 0) is 11.2 Å². The Labute approximate surface area is 128 Å². The quantitative estimate of drug-likeness (QED) is 0.845. The van der Waals surface area contributed by atoms with Gasteiger partial charge in [0.1, 0.15) is 10.8 Å². The lowest BCUT2D eigenvalue weighted by Gasteiger charge is -2.18. The minimum atomic E-state index is -0.281. The van der Waals surface area contributed by atoms with E-state index in [-0.39, 0.29) is 18.1 Å². The second-order valence-corrected chi connectivity index (χ2v) is 6.36. The fraction of sp³-hybridized carbons (Fsp3) is 0.375. The van der Waals surface area contributed by atoms with Crippen LogP contribution in [-0.4, -0.2) is 29.4 Å². The average molecular weight is 306 g/mol. The van der Waals surface area contributed by atoms with Gasteiger partial charge in [0.2, 0.25) is 5.91 Å². The van der Waals surface area contributed by atoms with Crippen molar-refractivity contribution < 1.29 is 9.18 Å². The number of hydrogen-bond donors (Lipinski definition) is 0. The van der Waals surface area contributed by atoms with Crippen molar-refractivity contribution in [2.75, 3.05) is 13.6 Å². The molecule has 1 aromatic heterocycles. The molecule has 0 atom stereocenters. The number of nitrogens with zero attached hydrogens (tertiary/aromatic N) is 2. The molecule has 3 nitrogen and oxygen atoms in total. The molecule has 0 fully saturated rings. The number of thiazole rings is 1. The summed E-state index contributed by atoms with van der Waals surface area (Å²) in [5, 5.41) is 2.60. The Balaban J connectivity index is 2.05. The fourth-order valence-corrected chi connectivity index (χ4v) is 2.90. The first-order chi connectivity index (χ1) is 9.95. The third-order valence-electron chi connectivity index (χ3n) is 3.02. The lowest BCUT2D eigenvalue weighted by atomic mass is 10.2. The molecule has 21 heavy (non-hydrogen) atoms. The first-order valence-corrected chi connectivity index (χ1v) is 7.78. The number of likely N-dealkylation sites (N-methyl/N-ethyl adjacent to an activating group) is 1. The van der Waals surface area contributed by atoms with E-state index in [4.69, 9.17) is 0 Å². The highest BCUT2D eigenvalue weighted by Gasteiger charge is 2.13. The molecular formula is C16H19FN2OS. The van der Waals surface area contributed by atoms with Crippen molar-refractivity contribution in [2.24, 2.45) is 5.92 Å². The molecule has 0 unspecified atom stereocenters. The predicted molar refractivity (Wildman–Crippen MR) is 83.7 cm³/mol. The molecule has 0 radical (unpaired) electrons. The van der Waals surface area contributed by atoms with Gasteiger partial charge >= 0.3 is 0 Å². The molecule has 0 spiro atoms.